The van der Waals surface area contributed by atoms with Gasteiger partial charge in [-0.15, -0.1) is 11.8 Å². The summed E-state index contributed by atoms with van der Waals surface area (Å²) in [7, 11) is 0. The van der Waals surface area contributed by atoms with E-state index in [1.54, 1.807) is 4.90 Å². The number of thioether (sulfide) groups is 1. The summed E-state index contributed by atoms with van der Waals surface area (Å²) in [6, 6.07) is 7.44. The van der Waals surface area contributed by atoms with Crippen molar-refractivity contribution in [2.75, 3.05) is 5.75 Å². The second kappa shape index (κ2) is 7.18. The van der Waals surface area contributed by atoms with Crippen molar-refractivity contribution in [1.29, 1.82) is 0 Å². The van der Waals surface area contributed by atoms with Crippen LogP contribution in [0.25, 0.3) is 0 Å². The molecule has 132 valence electrons. The lowest BCUT2D eigenvalue weighted by Gasteiger charge is -2.31. The van der Waals surface area contributed by atoms with Crippen LogP contribution in [-0.4, -0.2) is 33.7 Å². The van der Waals surface area contributed by atoms with Gasteiger partial charge in [-0.05, 0) is 28.9 Å². The van der Waals surface area contributed by atoms with E-state index in [1.807, 2.05) is 26.0 Å². The largest absolute Gasteiger partial charge is 0.480 e. The van der Waals surface area contributed by atoms with E-state index in [0.29, 0.717) is 12.2 Å². The Bertz CT molecular complexity index is 604. The molecule has 1 aliphatic rings. The topological polar surface area (TPSA) is 57.6 Å². The van der Waals surface area contributed by atoms with E-state index in [-0.39, 0.29) is 22.6 Å². The summed E-state index contributed by atoms with van der Waals surface area (Å²) in [5, 5.41) is 9.40. The molecule has 1 aliphatic heterocycles. The van der Waals surface area contributed by atoms with Crippen LogP contribution in [0.15, 0.2) is 24.3 Å². The Labute approximate surface area is 148 Å². The van der Waals surface area contributed by atoms with Crippen molar-refractivity contribution >= 4 is 23.6 Å². The Morgan fingerprint density at radius 2 is 1.88 bits per heavy atom. The summed E-state index contributed by atoms with van der Waals surface area (Å²) in [5.74, 6) is -0.449. The maximum absolute atomic E-state index is 12.4. The Morgan fingerprint density at radius 3 is 2.33 bits per heavy atom. The minimum absolute atomic E-state index is 0.0676. The molecule has 2 atom stereocenters. The minimum atomic E-state index is -0.920. The number of carboxylic acids is 1. The number of rotatable bonds is 5. The van der Waals surface area contributed by atoms with Gasteiger partial charge in [0.1, 0.15) is 11.4 Å². The van der Waals surface area contributed by atoms with Crippen LogP contribution in [0.1, 0.15) is 57.5 Å². The van der Waals surface area contributed by atoms with Crippen molar-refractivity contribution in [3.63, 3.8) is 0 Å². The first-order chi connectivity index (χ1) is 11.1. The van der Waals surface area contributed by atoms with Gasteiger partial charge < -0.3 is 10.0 Å². The lowest BCUT2D eigenvalue weighted by atomic mass is 9.86. The molecule has 1 N–H and O–H groups in total. The Kier molecular flexibility index (Phi) is 5.63. The maximum atomic E-state index is 12.4. The lowest BCUT2D eigenvalue weighted by molar-refractivity contribution is -0.150. The zero-order valence-corrected chi connectivity index (χ0v) is 15.9. The van der Waals surface area contributed by atoms with E-state index in [4.69, 9.17) is 0 Å². The van der Waals surface area contributed by atoms with Gasteiger partial charge in [0, 0.05) is 0 Å². The molecule has 1 fully saturated rings. The highest BCUT2D eigenvalue weighted by Gasteiger charge is 2.41. The average Bonchev–Trinajstić information content (AvgIpc) is 2.85. The predicted octanol–water partition coefficient (Wildman–Crippen LogP) is 4.06. The van der Waals surface area contributed by atoms with E-state index in [9.17, 15) is 14.7 Å². The van der Waals surface area contributed by atoms with Gasteiger partial charge in [-0.1, -0.05) is 58.9 Å². The summed E-state index contributed by atoms with van der Waals surface area (Å²) in [6.07, 6.45) is 0.470. The number of aliphatic carboxylic acids is 1. The summed E-state index contributed by atoms with van der Waals surface area (Å²) in [4.78, 5) is 25.6. The first-order valence-corrected chi connectivity index (χ1v) is 9.42. The molecule has 5 heteroatoms. The second-order valence-electron chi connectivity index (χ2n) is 7.82. The van der Waals surface area contributed by atoms with E-state index in [0.717, 1.165) is 5.56 Å². The molecule has 0 radical (unpaired) electrons. The van der Waals surface area contributed by atoms with Crippen LogP contribution in [0.4, 0.5) is 0 Å². The third kappa shape index (κ3) is 4.12. The minimum Gasteiger partial charge on any atom is -0.480 e. The smallest absolute Gasteiger partial charge is 0.326 e. The fourth-order valence-electron chi connectivity index (χ4n) is 2.96. The first kappa shape index (κ1) is 18.8. The molecule has 0 saturated carbocycles. The molecule has 2 rings (SSSR count). The Balaban J connectivity index is 2.31. The van der Waals surface area contributed by atoms with Crippen molar-refractivity contribution in [2.24, 2.45) is 5.92 Å². The third-order valence-corrected chi connectivity index (χ3v) is 5.51. The normalized spacial score (nSPS) is 19.8. The summed E-state index contributed by atoms with van der Waals surface area (Å²) in [6.45, 7) is 10.4. The van der Waals surface area contributed by atoms with Crippen molar-refractivity contribution in [2.45, 2.75) is 57.9 Å². The zero-order valence-electron chi connectivity index (χ0n) is 15.1. The second-order valence-corrected chi connectivity index (χ2v) is 8.89. The number of amides is 1. The zero-order chi connectivity index (χ0) is 18.1. The van der Waals surface area contributed by atoms with Gasteiger partial charge in [0.05, 0.1) is 5.75 Å². The molecule has 2 unspecified atom stereocenters. The fourth-order valence-corrected chi connectivity index (χ4v) is 4.18. The highest BCUT2D eigenvalue weighted by molar-refractivity contribution is 8.00. The molecule has 1 heterocycles. The van der Waals surface area contributed by atoms with Crippen molar-refractivity contribution in [1.82, 2.24) is 4.90 Å². The molecule has 1 amide bonds. The number of carboxylic acid groups (broad SMARTS) is 1. The van der Waals surface area contributed by atoms with Gasteiger partial charge in [-0.2, -0.15) is 0 Å². The molecule has 4 nitrogen and oxygen atoms in total. The first-order valence-electron chi connectivity index (χ1n) is 8.37. The molecule has 1 aromatic carbocycles. The number of nitrogens with zero attached hydrogens (tertiary/aromatic N) is 1. The number of hydrogen-bond donors (Lipinski definition) is 1. The van der Waals surface area contributed by atoms with Gasteiger partial charge >= 0.3 is 5.97 Å². The van der Waals surface area contributed by atoms with Crippen LogP contribution >= 0.6 is 11.8 Å². The SMILES string of the molecule is CC(C)CC(C(=O)O)N1C(=O)CSC1c1ccc(C(C)(C)C)cc1. The van der Waals surface area contributed by atoms with E-state index in [2.05, 4.69) is 32.9 Å². The fraction of sp³-hybridized carbons (Fsp3) is 0.579. The van der Waals surface area contributed by atoms with Crippen molar-refractivity contribution in [3.05, 3.63) is 35.4 Å². The highest BCUT2D eigenvalue weighted by Crippen LogP contribution is 2.41. The third-order valence-electron chi connectivity index (χ3n) is 4.28. The van der Waals surface area contributed by atoms with Gasteiger partial charge in [-0.3, -0.25) is 4.79 Å². The average molecular weight is 349 g/mol. The Hall–Kier alpha value is -1.49. The molecular formula is C19H27NO3S. The quantitative estimate of drug-likeness (QED) is 0.871. The van der Waals surface area contributed by atoms with Crippen molar-refractivity contribution in [3.8, 4) is 0 Å². The monoisotopic (exact) mass is 349 g/mol. The Morgan fingerprint density at radius 1 is 1.29 bits per heavy atom. The molecule has 1 saturated heterocycles. The molecule has 0 bridgehead atoms. The van der Waals surface area contributed by atoms with Gasteiger partial charge in [0.15, 0.2) is 0 Å². The van der Waals surface area contributed by atoms with E-state index in [1.165, 1.54) is 17.3 Å². The van der Waals surface area contributed by atoms with Crippen LogP contribution < -0.4 is 0 Å². The van der Waals surface area contributed by atoms with Gasteiger partial charge in [0.2, 0.25) is 5.91 Å². The molecule has 24 heavy (non-hydrogen) atoms. The van der Waals surface area contributed by atoms with Crippen LogP contribution in [0, 0.1) is 5.92 Å². The van der Waals surface area contributed by atoms with E-state index >= 15 is 0 Å². The molecule has 1 aromatic rings. The van der Waals surface area contributed by atoms with Crippen LogP contribution in [0.3, 0.4) is 0 Å². The standard InChI is InChI=1S/C19H27NO3S/c1-12(2)10-15(18(22)23)20-16(21)11-24-17(20)13-6-8-14(9-7-13)19(3,4)5/h6-9,12,15,17H,10-11H2,1-5H3,(H,22,23). The van der Waals surface area contributed by atoms with Gasteiger partial charge in [-0.25, -0.2) is 4.79 Å². The van der Waals surface area contributed by atoms with Crippen LogP contribution in [0.2, 0.25) is 0 Å². The van der Waals surface area contributed by atoms with Crippen LogP contribution in [-0.2, 0) is 15.0 Å². The highest BCUT2D eigenvalue weighted by atomic mass is 32.2. The predicted molar refractivity (Wildman–Crippen MR) is 98.1 cm³/mol. The van der Waals surface area contributed by atoms with E-state index < -0.39 is 12.0 Å². The van der Waals surface area contributed by atoms with Crippen molar-refractivity contribution < 1.29 is 14.7 Å². The number of hydrogen-bond acceptors (Lipinski definition) is 3. The van der Waals surface area contributed by atoms with Gasteiger partial charge in [0.25, 0.3) is 0 Å². The van der Waals surface area contributed by atoms with Crippen LogP contribution in [0.5, 0.6) is 0 Å². The lowest BCUT2D eigenvalue weighted by Crippen LogP contribution is -2.44. The molecule has 0 aliphatic carbocycles. The molecule has 0 aromatic heterocycles. The number of carbonyl (C=O) groups is 2. The number of carbonyl (C=O) groups excluding carboxylic acids is 1. The summed E-state index contributed by atoms with van der Waals surface area (Å²) < 4.78 is 0. The molecule has 0 spiro atoms. The summed E-state index contributed by atoms with van der Waals surface area (Å²) in [5.41, 5.74) is 2.29. The summed E-state index contributed by atoms with van der Waals surface area (Å²) >= 11 is 1.51. The number of benzene rings is 1. The maximum Gasteiger partial charge on any atom is 0.326 e. The molecular weight excluding hydrogens is 322 g/mol.